The Bertz CT molecular complexity index is 381. The van der Waals surface area contributed by atoms with E-state index in [1.54, 1.807) is 12.1 Å². The number of rotatable bonds is 5. The fraction of sp³-hybridized carbons (Fsp3) is 0.538. The van der Waals surface area contributed by atoms with Gasteiger partial charge in [-0.05, 0) is 6.07 Å². The van der Waals surface area contributed by atoms with Crippen molar-refractivity contribution in [2.75, 3.05) is 39.5 Å². The van der Waals surface area contributed by atoms with E-state index in [0.29, 0.717) is 12.2 Å². The Hall–Kier alpha value is -1.17. The minimum Gasteiger partial charge on any atom is -0.489 e. The maximum atomic E-state index is 13.6. The van der Waals surface area contributed by atoms with Gasteiger partial charge in [-0.1, -0.05) is 12.1 Å². The van der Waals surface area contributed by atoms with E-state index >= 15 is 0 Å². The van der Waals surface area contributed by atoms with Crippen LogP contribution in [0.25, 0.3) is 0 Å². The monoisotopic (exact) mass is 254 g/mol. The molecule has 5 heteroatoms. The molecule has 0 aliphatic carbocycles. The number of morpholine rings is 1. The van der Waals surface area contributed by atoms with Gasteiger partial charge in [0.1, 0.15) is 6.61 Å². The van der Waals surface area contributed by atoms with E-state index in [1.807, 2.05) is 0 Å². The van der Waals surface area contributed by atoms with Gasteiger partial charge in [0.25, 0.3) is 0 Å². The molecule has 1 aromatic rings. The second kappa shape index (κ2) is 6.68. The van der Waals surface area contributed by atoms with Gasteiger partial charge in [0.15, 0.2) is 11.6 Å². The summed E-state index contributed by atoms with van der Waals surface area (Å²) in [5, 5.41) is 0. The lowest BCUT2D eigenvalue weighted by molar-refractivity contribution is 0.0320. The van der Waals surface area contributed by atoms with Gasteiger partial charge in [-0.15, -0.1) is 0 Å². The second-order valence-electron chi connectivity index (χ2n) is 4.23. The molecule has 0 atom stereocenters. The van der Waals surface area contributed by atoms with Crippen LogP contribution in [0.3, 0.4) is 0 Å². The van der Waals surface area contributed by atoms with E-state index in [2.05, 4.69) is 4.90 Å². The van der Waals surface area contributed by atoms with Crippen LogP contribution in [0.5, 0.6) is 5.75 Å². The fourth-order valence-electron chi connectivity index (χ4n) is 1.98. The van der Waals surface area contributed by atoms with Crippen molar-refractivity contribution in [1.82, 2.24) is 4.90 Å². The molecule has 0 unspecified atom stereocenters. The number of hydrogen-bond acceptors (Lipinski definition) is 4. The van der Waals surface area contributed by atoms with Crippen LogP contribution in [0.4, 0.5) is 4.39 Å². The molecule has 0 saturated carbocycles. The molecule has 1 aliphatic rings. The molecule has 1 fully saturated rings. The van der Waals surface area contributed by atoms with Crippen LogP contribution >= 0.6 is 0 Å². The van der Waals surface area contributed by atoms with Gasteiger partial charge in [-0.25, -0.2) is 4.39 Å². The zero-order chi connectivity index (χ0) is 12.8. The first-order valence-corrected chi connectivity index (χ1v) is 6.21. The van der Waals surface area contributed by atoms with Gasteiger partial charge in [0, 0.05) is 31.7 Å². The predicted molar refractivity (Wildman–Crippen MR) is 67.0 cm³/mol. The summed E-state index contributed by atoms with van der Waals surface area (Å²) in [4.78, 5) is 2.24. The molecule has 0 bridgehead atoms. The maximum absolute atomic E-state index is 13.6. The Kier molecular flexibility index (Phi) is 4.92. The van der Waals surface area contributed by atoms with Gasteiger partial charge in [0.05, 0.1) is 13.2 Å². The molecule has 1 saturated heterocycles. The maximum Gasteiger partial charge on any atom is 0.165 e. The van der Waals surface area contributed by atoms with Crippen molar-refractivity contribution >= 4 is 0 Å². The summed E-state index contributed by atoms with van der Waals surface area (Å²) in [5.41, 5.74) is 6.27. The van der Waals surface area contributed by atoms with Crippen LogP contribution in [0.2, 0.25) is 0 Å². The molecular formula is C13H19FN2O2. The molecule has 2 rings (SSSR count). The highest BCUT2D eigenvalue weighted by atomic mass is 19.1. The van der Waals surface area contributed by atoms with Gasteiger partial charge in [-0.2, -0.15) is 0 Å². The van der Waals surface area contributed by atoms with Crippen molar-refractivity contribution in [3.63, 3.8) is 0 Å². The Balaban J connectivity index is 1.85. The molecule has 1 heterocycles. The number of hydrogen-bond donors (Lipinski definition) is 1. The smallest absolute Gasteiger partial charge is 0.165 e. The number of benzene rings is 1. The minimum atomic E-state index is -0.347. The summed E-state index contributed by atoms with van der Waals surface area (Å²) in [5.74, 6) is -0.0619. The Morgan fingerprint density at radius 2 is 2.11 bits per heavy atom. The summed E-state index contributed by atoms with van der Waals surface area (Å²) in [7, 11) is 0. The lowest BCUT2D eigenvalue weighted by Crippen LogP contribution is -2.38. The third kappa shape index (κ3) is 3.41. The van der Waals surface area contributed by atoms with Crippen molar-refractivity contribution in [3.05, 3.63) is 29.6 Å². The topological polar surface area (TPSA) is 47.7 Å². The molecule has 0 amide bonds. The van der Waals surface area contributed by atoms with Crippen molar-refractivity contribution in [2.45, 2.75) is 6.54 Å². The average molecular weight is 254 g/mol. The highest BCUT2D eigenvalue weighted by Gasteiger charge is 2.12. The SMILES string of the molecule is NCc1cccc(F)c1OCCN1CCOCC1. The molecule has 0 radical (unpaired) electrons. The highest BCUT2D eigenvalue weighted by Crippen LogP contribution is 2.22. The fourth-order valence-corrected chi connectivity index (χ4v) is 1.98. The molecular weight excluding hydrogens is 235 g/mol. The van der Waals surface area contributed by atoms with Crippen LogP contribution in [0, 0.1) is 5.82 Å². The molecule has 1 aliphatic heterocycles. The third-order valence-corrected chi connectivity index (χ3v) is 3.03. The minimum absolute atomic E-state index is 0.282. The summed E-state index contributed by atoms with van der Waals surface area (Å²) in [6.07, 6.45) is 0. The van der Waals surface area contributed by atoms with E-state index in [4.69, 9.17) is 15.2 Å². The molecule has 1 aromatic carbocycles. The van der Waals surface area contributed by atoms with Gasteiger partial charge >= 0.3 is 0 Å². The van der Waals surface area contributed by atoms with E-state index < -0.39 is 0 Å². The number of nitrogens with zero attached hydrogens (tertiary/aromatic N) is 1. The first-order valence-electron chi connectivity index (χ1n) is 6.21. The van der Waals surface area contributed by atoms with Crippen LogP contribution in [-0.4, -0.2) is 44.4 Å². The van der Waals surface area contributed by atoms with Crippen molar-refractivity contribution in [2.24, 2.45) is 5.73 Å². The molecule has 4 nitrogen and oxygen atoms in total. The van der Waals surface area contributed by atoms with Crippen molar-refractivity contribution < 1.29 is 13.9 Å². The zero-order valence-corrected chi connectivity index (χ0v) is 10.4. The van der Waals surface area contributed by atoms with E-state index in [9.17, 15) is 4.39 Å². The molecule has 0 spiro atoms. The lowest BCUT2D eigenvalue weighted by atomic mass is 10.2. The summed E-state index contributed by atoms with van der Waals surface area (Å²) >= 11 is 0. The first-order chi connectivity index (χ1) is 8.81. The Morgan fingerprint density at radius 1 is 1.33 bits per heavy atom. The van der Waals surface area contributed by atoms with Crippen LogP contribution in [-0.2, 0) is 11.3 Å². The standard InChI is InChI=1S/C13H19FN2O2/c14-12-3-1-2-11(10-15)13(12)18-9-6-16-4-7-17-8-5-16/h1-3H,4-10,15H2. The van der Waals surface area contributed by atoms with Crippen LogP contribution in [0.15, 0.2) is 18.2 Å². The normalized spacial score (nSPS) is 16.8. The molecule has 100 valence electrons. The Labute approximate surface area is 106 Å². The quantitative estimate of drug-likeness (QED) is 0.851. The Morgan fingerprint density at radius 3 is 2.83 bits per heavy atom. The lowest BCUT2D eigenvalue weighted by Gasteiger charge is -2.26. The largest absolute Gasteiger partial charge is 0.489 e. The summed E-state index contributed by atoms with van der Waals surface area (Å²) < 4.78 is 24.4. The first kappa shape index (κ1) is 13.3. The summed E-state index contributed by atoms with van der Waals surface area (Å²) in [6.45, 7) is 4.86. The number of para-hydroxylation sites is 1. The zero-order valence-electron chi connectivity index (χ0n) is 10.4. The second-order valence-corrected chi connectivity index (χ2v) is 4.23. The van der Waals surface area contributed by atoms with Gasteiger partial charge in [0.2, 0.25) is 0 Å². The van der Waals surface area contributed by atoms with E-state index in [0.717, 1.165) is 32.8 Å². The van der Waals surface area contributed by atoms with E-state index in [1.165, 1.54) is 6.07 Å². The third-order valence-electron chi connectivity index (χ3n) is 3.03. The number of ether oxygens (including phenoxy) is 2. The van der Waals surface area contributed by atoms with Gasteiger partial charge in [-0.3, -0.25) is 4.90 Å². The van der Waals surface area contributed by atoms with Crippen molar-refractivity contribution in [3.8, 4) is 5.75 Å². The molecule has 18 heavy (non-hydrogen) atoms. The number of nitrogens with two attached hydrogens (primary N) is 1. The van der Waals surface area contributed by atoms with Crippen molar-refractivity contribution in [1.29, 1.82) is 0 Å². The van der Waals surface area contributed by atoms with Crippen LogP contribution in [0.1, 0.15) is 5.56 Å². The molecule has 2 N–H and O–H groups in total. The van der Waals surface area contributed by atoms with E-state index in [-0.39, 0.29) is 18.1 Å². The average Bonchev–Trinajstić information content (AvgIpc) is 2.41. The van der Waals surface area contributed by atoms with Gasteiger partial charge < -0.3 is 15.2 Å². The summed E-state index contributed by atoms with van der Waals surface area (Å²) in [6, 6.07) is 4.82. The van der Waals surface area contributed by atoms with Crippen LogP contribution < -0.4 is 10.5 Å². The molecule has 0 aromatic heterocycles. The predicted octanol–water partition coefficient (Wildman–Crippen LogP) is 0.995. The number of halogens is 1. The highest BCUT2D eigenvalue weighted by molar-refractivity contribution is 5.34.